The number of likely N-dealkylation sites (tertiary alicyclic amines) is 1. The highest BCUT2D eigenvalue weighted by atomic mass is 16.2. The number of carbonyl (C=O) groups is 1. The molecule has 1 N–H and O–H groups in total. The summed E-state index contributed by atoms with van der Waals surface area (Å²) in [5, 5.41) is 3.46. The Kier molecular flexibility index (Phi) is 5.64. The normalized spacial score (nSPS) is 29.2. The number of nitrogens with one attached hydrogen (secondary N) is 1. The van der Waals surface area contributed by atoms with E-state index >= 15 is 0 Å². The lowest BCUT2D eigenvalue weighted by atomic mass is 9.97. The third-order valence-electron chi connectivity index (χ3n) is 4.51. The Morgan fingerprint density at radius 2 is 2.16 bits per heavy atom. The Hall–Kier alpha value is -0.610. The van der Waals surface area contributed by atoms with Crippen LogP contribution in [0.2, 0.25) is 0 Å². The first-order valence-electron chi connectivity index (χ1n) is 7.81. The van der Waals surface area contributed by atoms with Gasteiger partial charge < -0.3 is 15.1 Å². The molecule has 19 heavy (non-hydrogen) atoms. The first kappa shape index (κ1) is 14.8. The molecular formula is C15H29N3O. The lowest BCUT2D eigenvalue weighted by Gasteiger charge is -2.33. The highest BCUT2D eigenvalue weighted by Crippen LogP contribution is 2.17. The maximum Gasteiger partial charge on any atom is 0.223 e. The zero-order valence-corrected chi connectivity index (χ0v) is 12.5. The van der Waals surface area contributed by atoms with Crippen LogP contribution in [0.5, 0.6) is 0 Å². The summed E-state index contributed by atoms with van der Waals surface area (Å²) in [5.74, 6) is 0.972. The molecule has 2 atom stereocenters. The molecule has 0 radical (unpaired) electrons. The van der Waals surface area contributed by atoms with E-state index in [4.69, 9.17) is 0 Å². The number of amides is 1. The van der Waals surface area contributed by atoms with Crippen LogP contribution in [0.15, 0.2) is 0 Å². The Morgan fingerprint density at radius 3 is 2.84 bits per heavy atom. The summed E-state index contributed by atoms with van der Waals surface area (Å²) in [6, 6.07) is 0.415. The van der Waals surface area contributed by atoms with Gasteiger partial charge in [-0.25, -0.2) is 0 Å². The van der Waals surface area contributed by atoms with Crippen molar-refractivity contribution in [3.05, 3.63) is 0 Å². The molecule has 4 heteroatoms. The molecule has 2 unspecified atom stereocenters. The first-order valence-corrected chi connectivity index (χ1v) is 7.81. The monoisotopic (exact) mass is 267 g/mol. The lowest BCUT2D eigenvalue weighted by molar-refractivity contribution is -0.131. The number of rotatable bonds is 4. The molecule has 0 aliphatic carbocycles. The number of nitrogens with zero attached hydrogens (tertiary/aromatic N) is 2. The van der Waals surface area contributed by atoms with E-state index in [0.717, 1.165) is 26.1 Å². The molecule has 0 spiro atoms. The molecule has 2 aliphatic rings. The van der Waals surface area contributed by atoms with Crippen molar-refractivity contribution in [3.8, 4) is 0 Å². The van der Waals surface area contributed by atoms with E-state index in [-0.39, 0.29) is 0 Å². The van der Waals surface area contributed by atoms with Gasteiger partial charge in [0.15, 0.2) is 0 Å². The van der Waals surface area contributed by atoms with Crippen LogP contribution >= 0.6 is 0 Å². The smallest absolute Gasteiger partial charge is 0.223 e. The molecule has 110 valence electrons. The highest BCUT2D eigenvalue weighted by molar-refractivity contribution is 5.76. The van der Waals surface area contributed by atoms with Crippen LogP contribution in [0.25, 0.3) is 0 Å². The quantitative estimate of drug-likeness (QED) is 0.834. The van der Waals surface area contributed by atoms with Gasteiger partial charge in [-0.3, -0.25) is 4.79 Å². The summed E-state index contributed by atoms with van der Waals surface area (Å²) in [6.45, 7) is 4.35. The largest absolute Gasteiger partial charge is 0.345 e. The molecule has 0 aromatic rings. The van der Waals surface area contributed by atoms with Crippen LogP contribution in [0.4, 0.5) is 0 Å². The average molecular weight is 267 g/mol. The minimum absolute atomic E-state index is 0.313. The summed E-state index contributed by atoms with van der Waals surface area (Å²) < 4.78 is 0. The lowest BCUT2D eigenvalue weighted by Crippen LogP contribution is -2.43. The molecule has 2 heterocycles. The molecule has 2 aliphatic heterocycles. The summed E-state index contributed by atoms with van der Waals surface area (Å²) in [5.41, 5.74) is 0. The van der Waals surface area contributed by atoms with Crippen LogP contribution in [-0.4, -0.2) is 62.0 Å². The number of hydrogen-bond donors (Lipinski definition) is 1. The molecule has 0 saturated carbocycles. The third-order valence-corrected chi connectivity index (χ3v) is 4.51. The summed E-state index contributed by atoms with van der Waals surface area (Å²) in [4.78, 5) is 16.6. The second kappa shape index (κ2) is 7.25. The fourth-order valence-electron chi connectivity index (χ4n) is 3.38. The summed E-state index contributed by atoms with van der Waals surface area (Å²) >= 11 is 0. The van der Waals surface area contributed by atoms with Gasteiger partial charge >= 0.3 is 0 Å². The van der Waals surface area contributed by atoms with Crippen LogP contribution in [0, 0.1) is 5.92 Å². The van der Waals surface area contributed by atoms with Crippen molar-refractivity contribution in [3.63, 3.8) is 0 Å². The molecule has 1 amide bonds. The van der Waals surface area contributed by atoms with E-state index in [1.54, 1.807) is 0 Å². The fraction of sp³-hybridized carbons (Fsp3) is 0.933. The van der Waals surface area contributed by atoms with E-state index in [0.29, 0.717) is 24.3 Å². The topological polar surface area (TPSA) is 35.6 Å². The minimum atomic E-state index is 0.313. The van der Waals surface area contributed by atoms with Crippen molar-refractivity contribution in [2.24, 2.45) is 5.92 Å². The fourth-order valence-corrected chi connectivity index (χ4v) is 3.38. The van der Waals surface area contributed by atoms with Gasteiger partial charge in [-0.2, -0.15) is 0 Å². The van der Waals surface area contributed by atoms with Gasteiger partial charge in [0.2, 0.25) is 5.91 Å². The number of carbonyl (C=O) groups excluding carboxylic acids is 1. The first-order chi connectivity index (χ1) is 9.15. The van der Waals surface area contributed by atoms with E-state index in [9.17, 15) is 4.79 Å². The molecule has 0 aromatic carbocycles. The van der Waals surface area contributed by atoms with Crippen LogP contribution < -0.4 is 5.32 Å². The molecule has 2 rings (SSSR count). The second-order valence-electron chi connectivity index (χ2n) is 6.40. The van der Waals surface area contributed by atoms with Gasteiger partial charge in [0.1, 0.15) is 0 Å². The second-order valence-corrected chi connectivity index (χ2v) is 6.40. The predicted molar refractivity (Wildman–Crippen MR) is 78.1 cm³/mol. The highest BCUT2D eigenvalue weighted by Gasteiger charge is 2.23. The van der Waals surface area contributed by atoms with Gasteiger partial charge in [0, 0.05) is 32.6 Å². The van der Waals surface area contributed by atoms with Gasteiger partial charge in [-0.15, -0.1) is 0 Å². The van der Waals surface area contributed by atoms with Crippen molar-refractivity contribution in [2.45, 2.75) is 44.6 Å². The van der Waals surface area contributed by atoms with Gasteiger partial charge in [-0.05, 0) is 51.7 Å². The summed E-state index contributed by atoms with van der Waals surface area (Å²) in [6.07, 6.45) is 6.90. The van der Waals surface area contributed by atoms with E-state index in [1.165, 1.54) is 32.2 Å². The zero-order chi connectivity index (χ0) is 13.7. The maximum atomic E-state index is 12.2. The van der Waals surface area contributed by atoms with Crippen molar-refractivity contribution < 1.29 is 4.79 Å². The third kappa shape index (κ3) is 4.77. The predicted octanol–water partition coefficient (Wildman–Crippen LogP) is 1.32. The average Bonchev–Trinajstić information content (AvgIpc) is 2.40. The molecule has 4 nitrogen and oxygen atoms in total. The molecular weight excluding hydrogens is 238 g/mol. The molecule has 2 saturated heterocycles. The van der Waals surface area contributed by atoms with Crippen molar-refractivity contribution in [1.29, 1.82) is 0 Å². The number of hydrogen-bond acceptors (Lipinski definition) is 3. The zero-order valence-electron chi connectivity index (χ0n) is 12.5. The van der Waals surface area contributed by atoms with Gasteiger partial charge in [-0.1, -0.05) is 6.42 Å². The molecule has 2 fully saturated rings. The van der Waals surface area contributed by atoms with Gasteiger partial charge in [0.25, 0.3) is 0 Å². The Labute approximate surface area is 117 Å². The van der Waals surface area contributed by atoms with Crippen LogP contribution in [-0.2, 0) is 4.79 Å². The Bertz CT molecular complexity index is 289. The number of piperidine rings is 2. The minimum Gasteiger partial charge on any atom is -0.345 e. The molecule has 0 bridgehead atoms. The summed E-state index contributed by atoms with van der Waals surface area (Å²) in [7, 11) is 4.15. The van der Waals surface area contributed by atoms with Crippen molar-refractivity contribution in [2.75, 3.05) is 40.3 Å². The molecule has 0 aromatic heterocycles. The van der Waals surface area contributed by atoms with E-state index in [2.05, 4.69) is 17.3 Å². The SMILES string of the molecule is CN1CCCC(CN(C)C(=O)CC2CCCCN2)C1. The van der Waals surface area contributed by atoms with E-state index in [1.807, 2.05) is 11.9 Å². The van der Waals surface area contributed by atoms with E-state index < -0.39 is 0 Å². The maximum absolute atomic E-state index is 12.2. The van der Waals surface area contributed by atoms with Crippen molar-refractivity contribution in [1.82, 2.24) is 15.1 Å². The van der Waals surface area contributed by atoms with Crippen LogP contribution in [0.1, 0.15) is 38.5 Å². The van der Waals surface area contributed by atoms with Crippen LogP contribution in [0.3, 0.4) is 0 Å². The van der Waals surface area contributed by atoms with Gasteiger partial charge in [0.05, 0.1) is 0 Å². The Morgan fingerprint density at radius 1 is 1.32 bits per heavy atom. The van der Waals surface area contributed by atoms with Crippen molar-refractivity contribution >= 4 is 5.91 Å². The Balaban J connectivity index is 1.72. The standard InChI is InChI=1S/C15H29N3O/c1-17-9-5-6-13(11-17)12-18(2)15(19)10-14-7-3-4-8-16-14/h13-14,16H,3-12H2,1-2H3.